The van der Waals surface area contributed by atoms with E-state index in [9.17, 15) is 18.0 Å². The van der Waals surface area contributed by atoms with E-state index in [-0.39, 0.29) is 17.0 Å². The number of fused-ring (bicyclic) bond motifs is 1. The van der Waals surface area contributed by atoms with Gasteiger partial charge in [-0.25, -0.2) is 9.78 Å². The molecule has 8 heteroatoms. The minimum Gasteiger partial charge on any atom is -0.494 e. The van der Waals surface area contributed by atoms with E-state index >= 15 is 0 Å². The highest BCUT2D eigenvalue weighted by molar-refractivity contribution is 5.94. The minimum atomic E-state index is -4.52. The summed E-state index contributed by atoms with van der Waals surface area (Å²) in [6, 6.07) is 4.21. The van der Waals surface area contributed by atoms with Gasteiger partial charge < -0.3 is 14.6 Å². The second-order valence-electron chi connectivity index (χ2n) is 4.78. The first kappa shape index (κ1) is 16.9. The Morgan fingerprint density at radius 2 is 1.96 bits per heavy atom. The normalized spacial score (nSPS) is 11.5. The number of aryl methyl sites for hydroxylation is 1. The van der Waals surface area contributed by atoms with Gasteiger partial charge >= 0.3 is 12.1 Å². The number of nitrogens with zero attached hydrogens (tertiary/aromatic N) is 1. The van der Waals surface area contributed by atoms with Crippen LogP contribution in [0.25, 0.3) is 10.9 Å². The maximum absolute atomic E-state index is 12.4. The maximum atomic E-state index is 12.4. The first-order valence-corrected chi connectivity index (χ1v) is 6.72. The SMILES string of the molecule is CCOc1cc(OCC(F)(F)F)c2nc(C(=O)O)cc(C)c2c1. The number of hydrogen-bond acceptors (Lipinski definition) is 4. The molecule has 0 saturated carbocycles. The summed E-state index contributed by atoms with van der Waals surface area (Å²) in [4.78, 5) is 15.0. The van der Waals surface area contributed by atoms with Gasteiger partial charge in [-0.1, -0.05) is 0 Å². The van der Waals surface area contributed by atoms with Gasteiger partial charge in [0.05, 0.1) is 6.61 Å². The van der Waals surface area contributed by atoms with Crippen molar-refractivity contribution in [1.82, 2.24) is 4.98 Å². The second kappa shape index (κ2) is 6.31. The molecule has 2 rings (SSSR count). The first-order chi connectivity index (χ1) is 10.7. The molecule has 0 atom stereocenters. The number of aromatic nitrogens is 1. The van der Waals surface area contributed by atoms with Crippen LogP contribution in [0.1, 0.15) is 23.0 Å². The lowest BCUT2D eigenvalue weighted by Crippen LogP contribution is -2.19. The topological polar surface area (TPSA) is 68.7 Å². The molecule has 0 aliphatic rings. The Morgan fingerprint density at radius 3 is 2.52 bits per heavy atom. The highest BCUT2D eigenvalue weighted by atomic mass is 19.4. The Bertz CT molecular complexity index is 744. The van der Waals surface area contributed by atoms with Crippen molar-refractivity contribution in [2.24, 2.45) is 0 Å². The molecule has 1 aromatic heterocycles. The van der Waals surface area contributed by atoms with E-state index < -0.39 is 18.8 Å². The molecule has 0 aliphatic carbocycles. The predicted molar refractivity (Wildman–Crippen MR) is 76.2 cm³/mol. The third kappa shape index (κ3) is 4.02. The number of aromatic carboxylic acids is 1. The molecule has 0 fully saturated rings. The van der Waals surface area contributed by atoms with Crippen LogP contribution in [-0.4, -0.2) is 35.4 Å². The Kier molecular flexibility index (Phi) is 4.63. The fraction of sp³-hybridized carbons (Fsp3) is 0.333. The van der Waals surface area contributed by atoms with E-state index in [1.807, 2.05) is 0 Å². The predicted octanol–water partition coefficient (Wildman–Crippen LogP) is 3.58. The number of hydrogen-bond donors (Lipinski definition) is 1. The third-order valence-electron chi connectivity index (χ3n) is 2.98. The van der Waals surface area contributed by atoms with Crippen molar-refractivity contribution >= 4 is 16.9 Å². The van der Waals surface area contributed by atoms with Gasteiger partial charge in [0, 0.05) is 11.5 Å². The molecule has 1 N–H and O–H groups in total. The number of ether oxygens (including phenoxy) is 2. The Balaban J connectivity index is 2.61. The quantitative estimate of drug-likeness (QED) is 0.908. The smallest absolute Gasteiger partial charge is 0.422 e. The maximum Gasteiger partial charge on any atom is 0.422 e. The molecular formula is C15H14F3NO4. The van der Waals surface area contributed by atoms with Crippen molar-refractivity contribution in [2.75, 3.05) is 13.2 Å². The highest BCUT2D eigenvalue weighted by Gasteiger charge is 2.29. The molecule has 0 saturated heterocycles. The zero-order chi connectivity index (χ0) is 17.2. The molecule has 0 amide bonds. The minimum absolute atomic E-state index is 0.0510. The zero-order valence-electron chi connectivity index (χ0n) is 12.4. The van der Waals surface area contributed by atoms with Gasteiger partial charge in [-0.05, 0) is 31.5 Å². The fourth-order valence-electron chi connectivity index (χ4n) is 2.06. The lowest BCUT2D eigenvalue weighted by atomic mass is 10.1. The fourth-order valence-corrected chi connectivity index (χ4v) is 2.06. The van der Waals surface area contributed by atoms with Gasteiger partial charge in [-0.2, -0.15) is 13.2 Å². The summed E-state index contributed by atoms with van der Waals surface area (Å²) in [5.41, 5.74) is 0.330. The monoisotopic (exact) mass is 329 g/mol. The molecule has 2 aromatic rings. The van der Waals surface area contributed by atoms with Crippen LogP contribution in [0, 0.1) is 6.92 Å². The van der Waals surface area contributed by atoms with Gasteiger partial charge in [-0.15, -0.1) is 0 Å². The van der Waals surface area contributed by atoms with Gasteiger partial charge in [0.15, 0.2) is 6.61 Å². The molecule has 124 valence electrons. The molecule has 0 aliphatic heterocycles. The van der Waals surface area contributed by atoms with Crippen molar-refractivity contribution < 1.29 is 32.5 Å². The van der Waals surface area contributed by atoms with E-state index in [1.165, 1.54) is 12.1 Å². The number of benzene rings is 1. The zero-order valence-corrected chi connectivity index (χ0v) is 12.4. The first-order valence-electron chi connectivity index (χ1n) is 6.72. The Hall–Kier alpha value is -2.51. The largest absolute Gasteiger partial charge is 0.494 e. The molecular weight excluding hydrogens is 315 g/mol. The van der Waals surface area contributed by atoms with Crippen LogP contribution in [0.2, 0.25) is 0 Å². The average Bonchev–Trinajstić information content (AvgIpc) is 2.44. The molecule has 0 unspecified atom stereocenters. The van der Waals surface area contributed by atoms with E-state index in [2.05, 4.69) is 4.98 Å². The standard InChI is InChI=1S/C15H14F3NO4/c1-3-22-9-5-10-8(2)4-11(14(20)21)19-13(10)12(6-9)23-7-15(16,17)18/h4-6H,3,7H2,1-2H3,(H,20,21). The van der Waals surface area contributed by atoms with Crippen molar-refractivity contribution in [3.63, 3.8) is 0 Å². The summed E-state index contributed by atoms with van der Waals surface area (Å²) < 4.78 is 47.3. The molecule has 1 heterocycles. The van der Waals surface area contributed by atoms with E-state index in [1.54, 1.807) is 19.9 Å². The molecule has 5 nitrogen and oxygen atoms in total. The van der Waals surface area contributed by atoms with E-state index in [0.29, 0.717) is 23.3 Å². The summed E-state index contributed by atoms with van der Waals surface area (Å²) in [5, 5.41) is 9.52. The number of alkyl halides is 3. The highest BCUT2D eigenvalue weighted by Crippen LogP contribution is 2.33. The number of carboxylic acid groups (broad SMARTS) is 1. The molecule has 1 aromatic carbocycles. The molecule has 0 spiro atoms. The number of carbonyl (C=O) groups is 1. The van der Waals surface area contributed by atoms with Crippen molar-refractivity contribution in [1.29, 1.82) is 0 Å². The van der Waals surface area contributed by atoms with Crippen LogP contribution in [-0.2, 0) is 0 Å². The summed E-state index contributed by atoms with van der Waals surface area (Å²) in [6.45, 7) is 2.19. The van der Waals surface area contributed by atoms with Crippen LogP contribution in [0.3, 0.4) is 0 Å². The van der Waals surface area contributed by atoms with E-state index in [4.69, 9.17) is 14.6 Å². The van der Waals surface area contributed by atoms with Gasteiger partial charge in [0.25, 0.3) is 0 Å². The number of pyridine rings is 1. The average molecular weight is 329 g/mol. The summed E-state index contributed by atoms with van der Waals surface area (Å²) in [6.07, 6.45) is -4.52. The van der Waals surface area contributed by atoms with E-state index in [0.717, 1.165) is 0 Å². The van der Waals surface area contributed by atoms with Crippen LogP contribution >= 0.6 is 0 Å². The third-order valence-corrected chi connectivity index (χ3v) is 2.98. The van der Waals surface area contributed by atoms with Crippen LogP contribution < -0.4 is 9.47 Å². The van der Waals surface area contributed by atoms with Gasteiger partial charge in [-0.3, -0.25) is 0 Å². The Morgan fingerprint density at radius 1 is 1.26 bits per heavy atom. The second-order valence-corrected chi connectivity index (χ2v) is 4.78. The molecule has 0 radical (unpaired) electrons. The lowest BCUT2D eigenvalue weighted by molar-refractivity contribution is -0.153. The van der Waals surface area contributed by atoms with Crippen LogP contribution in [0.4, 0.5) is 13.2 Å². The Labute approximate surface area is 129 Å². The number of rotatable bonds is 5. The van der Waals surface area contributed by atoms with Crippen LogP contribution in [0.5, 0.6) is 11.5 Å². The van der Waals surface area contributed by atoms with Crippen LogP contribution in [0.15, 0.2) is 18.2 Å². The number of halogens is 3. The van der Waals surface area contributed by atoms with Gasteiger partial charge in [0.2, 0.25) is 0 Å². The van der Waals surface area contributed by atoms with Gasteiger partial charge in [0.1, 0.15) is 22.7 Å². The van der Waals surface area contributed by atoms with Crippen molar-refractivity contribution in [3.05, 3.63) is 29.5 Å². The number of carboxylic acids is 1. The van der Waals surface area contributed by atoms with Crippen molar-refractivity contribution in [3.8, 4) is 11.5 Å². The summed E-state index contributed by atoms with van der Waals surface area (Å²) in [5.74, 6) is -1.12. The molecule has 23 heavy (non-hydrogen) atoms. The summed E-state index contributed by atoms with van der Waals surface area (Å²) >= 11 is 0. The van der Waals surface area contributed by atoms with Crippen molar-refractivity contribution in [2.45, 2.75) is 20.0 Å². The lowest BCUT2D eigenvalue weighted by Gasteiger charge is -2.14. The summed E-state index contributed by atoms with van der Waals surface area (Å²) in [7, 11) is 0. The molecule has 0 bridgehead atoms.